The number of nitrogens with zero attached hydrogens (tertiary/aromatic N) is 1. The first-order valence-electron chi connectivity index (χ1n) is 6.23. The van der Waals surface area contributed by atoms with E-state index in [0.717, 1.165) is 11.1 Å². The van der Waals surface area contributed by atoms with Crippen LogP contribution in [-0.2, 0) is 11.9 Å². The summed E-state index contributed by atoms with van der Waals surface area (Å²) in [6.07, 6.45) is 0. The van der Waals surface area contributed by atoms with E-state index in [2.05, 4.69) is 15.9 Å². The predicted molar refractivity (Wildman–Crippen MR) is 83.1 cm³/mol. The smallest absolute Gasteiger partial charge is 0.310 e. The van der Waals surface area contributed by atoms with Crippen molar-refractivity contribution >= 4 is 21.6 Å². The van der Waals surface area contributed by atoms with Crippen LogP contribution in [0.15, 0.2) is 42.5 Å². The molecule has 0 fully saturated rings. The first-order valence-corrected chi connectivity index (χ1v) is 7.36. The normalized spacial score (nSPS) is 10.2. The molecule has 0 aliphatic carbocycles. The van der Waals surface area contributed by atoms with Gasteiger partial charge >= 0.3 is 5.69 Å². The van der Waals surface area contributed by atoms with Crippen molar-refractivity contribution in [2.24, 2.45) is 0 Å². The number of rotatable bonds is 6. The van der Waals surface area contributed by atoms with Gasteiger partial charge in [-0.15, -0.1) is 0 Å². The molecule has 21 heavy (non-hydrogen) atoms. The van der Waals surface area contributed by atoms with Gasteiger partial charge in [0.15, 0.2) is 5.75 Å². The van der Waals surface area contributed by atoms with Crippen molar-refractivity contribution in [1.82, 2.24) is 0 Å². The maximum absolute atomic E-state index is 11.0. The Labute approximate surface area is 130 Å². The SMILES string of the molecule is COc1ccccc1COc1cc(CBr)ccc1[N+](=O)[O-]. The van der Waals surface area contributed by atoms with E-state index in [0.29, 0.717) is 11.1 Å². The van der Waals surface area contributed by atoms with Crippen LogP contribution in [0.5, 0.6) is 11.5 Å². The molecule has 0 aliphatic rings. The summed E-state index contributed by atoms with van der Waals surface area (Å²) in [5, 5.41) is 11.7. The molecule has 2 aromatic rings. The summed E-state index contributed by atoms with van der Waals surface area (Å²) in [4.78, 5) is 10.6. The number of hydrogen-bond acceptors (Lipinski definition) is 4. The number of alkyl halides is 1. The Balaban J connectivity index is 2.24. The van der Waals surface area contributed by atoms with Gasteiger partial charge in [0, 0.05) is 17.0 Å². The molecule has 0 N–H and O–H groups in total. The van der Waals surface area contributed by atoms with E-state index in [1.807, 2.05) is 24.3 Å². The quantitative estimate of drug-likeness (QED) is 0.447. The van der Waals surface area contributed by atoms with Gasteiger partial charge in [-0.2, -0.15) is 0 Å². The summed E-state index contributed by atoms with van der Waals surface area (Å²) in [7, 11) is 1.58. The second-order valence-electron chi connectivity index (χ2n) is 4.29. The molecule has 5 nitrogen and oxygen atoms in total. The van der Waals surface area contributed by atoms with Gasteiger partial charge < -0.3 is 9.47 Å². The lowest BCUT2D eigenvalue weighted by Crippen LogP contribution is -2.01. The number of halogens is 1. The maximum atomic E-state index is 11.0. The van der Waals surface area contributed by atoms with Crippen LogP contribution in [-0.4, -0.2) is 12.0 Å². The average Bonchev–Trinajstić information content (AvgIpc) is 2.52. The molecule has 0 amide bonds. The lowest BCUT2D eigenvalue weighted by molar-refractivity contribution is -0.386. The fraction of sp³-hybridized carbons (Fsp3) is 0.200. The Kier molecular flexibility index (Phi) is 5.16. The van der Waals surface area contributed by atoms with E-state index in [1.54, 1.807) is 19.2 Å². The standard InChI is InChI=1S/C15H14BrNO4/c1-20-14-5-3-2-4-12(14)10-21-15-8-11(9-16)6-7-13(15)17(18)19/h2-8H,9-10H2,1H3. The number of nitro groups is 1. The Morgan fingerprint density at radius 1 is 1.19 bits per heavy atom. The first-order chi connectivity index (χ1) is 10.2. The fourth-order valence-corrected chi connectivity index (χ4v) is 2.23. The van der Waals surface area contributed by atoms with Gasteiger partial charge in [-0.3, -0.25) is 10.1 Å². The van der Waals surface area contributed by atoms with E-state index in [4.69, 9.17) is 9.47 Å². The molecule has 6 heteroatoms. The third-order valence-electron chi connectivity index (χ3n) is 2.95. The maximum Gasteiger partial charge on any atom is 0.310 e. The number of para-hydroxylation sites is 1. The monoisotopic (exact) mass is 351 g/mol. The lowest BCUT2D eigenvalue weighted by Gasteiger charge is -2.11. The number of nitro benzene ring substituents is 1. The second-order valence-corrected chi connectivity index (χ2v) is 4.85. The van der Waals surface area contributed by atoms with Gasteiger partial charge in [-0.1, -0.05) is 40.2 Å². The van der Waals surface area contributed by atoms with Crippen LogP contribution in [0.4, 0.5) is 5.69 Å². The van der Waals surface area contributed by atoms with E-state index in [9.17, 15) is 10.1 Å². The van der Waals surface area contributed by atoms with Gasteiger partial charge in [-0.25, -0.2) is 0 Å². The van der Waals surface area contributed by atoms with Crippen LogP contribution in [0, 0.1) is 10.1 Å². The number of ether oxygens (including phenoxy) is 2. The highest BCUT2D eigenvalue weighted by Gasteiger charge is 2.16. The zero-order chi connectivity index (χ0) is 15.2. The molecule has 0 aliphatic heterocycles. The molecule has 0 saturated heterocycles. The van der Waals surface area contributed by atoms with Crippen molar-refractivity contribution in [3.05, 3.63) is 63.7 Å². The van der Waals surface area contributed by atoms with Gasteiger partial charge in [0.05, 0.1) is 12.0 Å². The summed E-state index contributed by atoms with van der Waals surface area (Å²) in [6.45, 7) is 0.205. The number of methoxy groups -OCH3 is 1. The molecule has 0 unspecified atom stereocenters. The van der Waals surface area contributed by atoms with Gasteiger partial charge in [0.2, 0.25) is 0 Å². The van der Waals surface area contributed by atoms with Crippen molar-refractivity contribution < 1.29 is 14.4 Å². The van der Waals surface area contributed by atoms with Crippen molar-refractivity contribution in [3.63, 3.8) is 0 Å². The average molecular weight is 352 g/mol. The molecule has 0 saturated carbocycles. The van der Waals surface area contributed by atoms with Gasteiger partial charge in [0.1, 0.15) is 12.4 Å². The third kappa shape index (κ3) is 3.72. The van der Waals surface area contributed by atoms with Crippen LogP contribution in [0.3, 0.4) is 0 Å². The van der Waals surface area contributed by atoms with E-state index in [-0.39, 0.29) is 18.0 Å². The second kappa shape index (κ2) is 7.08. The Hall–Kier alpha value is -2.08. The van der Waals surface area contributed by atoms with Crippen molar-refractivity contribution in [3.8, 4) is 11.5 Å². The van der Waals surface area contributed by atoms with Crippen LogP contribution in [0.2, 0.25) is 0 Å². The van der Waals surface area contributed by atoms with Gasteiger partial charge in [-0.05, 0) is 17.7 Å². The molecule has 0 heterocycles. The minimum absolute atomic E-state index is 0.0467. The molecule has 0 bridgehead atoms. The molecule has 0 spiro atoms. The number of benzene rings is 2. The zero-order valence-electron chi connectivity index (χ0n) is 11.4. The largest absolute Gasteiger partial charge is 0.496 e. The summed E-state index contributed by atoms with van der Waals surface area (Å²) < 4.78 is 10.9. The van der Waals surface area contributed by atoms with Crippen molar-refractivity contribution in [2.75, 3.05) is 7.11 Å². The van der Waals surface area contributed by atoms with E-state index >= 15 is 0 Å². The van der Waals surface area contributed by atoms with E-state index in [1.165, 1.54) is 6.07 Å². The predicted octanol–water partition coefficient (Wildman–Crippen LogP) is 4.08. The molecule has 0 atom stereocenters. The molecule has 110 valence electrons. The highest BCUT2D eigenvalue weighted by molar-refractivity contribution is 9.08. The van der Waals surface area contributed by atoms with Crippen LogP contribution in [0.1, 0.15) is 11.1 Å². The molecule has 2 aromatic carbocycles. The van der Waals surface area contributed by atoms with Crippen LogP contribution >= 0.6 is 15.9 Å². The Bertz CT molecular complexity index is 645. The molecule has 0 radical (unpaired) electrons. The molecule has 0 aromatic heterocycles. The highest BCUT2D eigenvalue weighted by Crippen LogP contribution is 2.30. The van der Waals surface area contributed by atoms with Crippen molar-refractivity contribution in [1.29, 1.82) is 0 Å². The highest BCUT2D eigenvalue weighted by atomic mass is 79.9. The van der Waals surface area contributed by atoms with Crippen LogP contribution < -0.4 is 9.47 Å². The van der Waals surface area contributed by atoms with Gasteiger partial charge in [0.25, 0.3) is 0 Å². The zero-order valence-corrected chi connectivity index (χ0v) is 13.0. The molecular weight excluding hydrogens is 338 g/mol. The van der Waals surface area contributed by atoms with Crippen molar-refractivity contribution in [2.45, 2.75) is 11.9 Å². The minimum atomic E-state index is -0.449. The summed E-state index contributed by atoms with van der Waals surface area (Å²) in [6, 6.07) is 12.2. The third-order valence-corrected chi connectivity index (χ3v) is 3.60. The molecule has 2 rings (SSSR count). The molecular formula is C15H14BrNO4. The summed E-state index contributed by atoms with van der Waals surface area (Å²) in [5.41, 5.74) is 1.70. The summed E-state index contributed by atoms with van der Waals surface area (Å²) >= 11 is 3.33. The Morgan fingerprint density at radius 2 is 1.95 bits per heavy atom. The number of hydrogen-bond donors (Lipinski definition) is 0. The summed E-state index contributed by atoms with van der Waals surface area (Å²) in [5.74, 6) is 0.944. The lowest BCUT2D eigenvalue weighted by atomic mass is 10.2. The topological polar surface area (TPSA) is 61.6 Å². The van der Waals surface area contributed by atoms with E-state index < -0.39 is 4.92 Å². The first kappa shape index (κ1) is 15.3. The minimum Gasteiger partial charge on any atom is -0.496 e. The fourth-order valence-electron chi connectivity index (χ4n) is 1.89. The van der Waals surface area contributed by atoms with Crippen LogP contribution in [0.25, 0.3) is 0 Å². The Morgan fingerprint density at radius 3 is 2.62 bits per heavy atom.